The van der Waals surface area contributed by atoms with E-state index in [-0.39, 0.29) is 0 Å². The van der Waals surface area contributed by atoms with Gasteiger partial charge in [0.15, 0.2) is 0 Å². The second kappa shape index (κ2) is 6.00. The third-order valence-electron chi connectivity index (χ3n) is 4.01. The summed E-state index contributed by atoms with van der Waals surface area (Å²) in [6.45, 7) is 2.23. The minimum atomic E-state index is 0.349. The van der Waals surface area contributed by atoms with E-state index in [0.717, 1.165) is 10.9 Å². The molecule has 2 aromatic rings. The molecule has 20 heavy (non-hydrogen) atoms. The van der Waals surface area contributed by atoms with Crippen molar-refractivity contribution in [3.63, 3.8) is 0 Å². The molecule has 0 bridgehead atoms. The van der Waals surface area contributed by atoms with Gasteiger partial charge < -0.3 is 5.32 Å². The highest BCUT2D eigenvalue weighted by Gasteiger charge is 2.25. The van der Waals surface area contributed by atoms with Gasteiger partial charge in [-0.2, -0.15) is 0 Å². The molecular formula is C17H17Br2N. The molecule has 2 atom stereocenters. The SMILES string of the molecule is CC(NC1CCc2c(Br)cccc21)c1cccc(Br)c1. The lowest BCUT2D eigenvalue weighted by atomic mass is 10.0. The summed E-state index contributed by atoms with van der Waals surface area (Å²) in [5.74, 6) is 0. The normalized spacial score (nSPS) is 18.9. The molecule has 0 spiro atoms. The van der Waals surface area contributed by atoms with Gasteiger partial charge in [-0.25, -0.2) is 0 Å². The van der Waals surface area contributed by atoms with Crippen molar-refractivity contribution in [3.05, 3.63) is 68.1 Å². The number of nitrogens with one attached hydrogen (secondary N) is 1. The van der Waals surface area contributed by atoms with E-state index in [1.165, 1.54) is 27.6 Å². The average Bonchev–Trinajstić information content (AvgIpc) is 2.83. The van der Waals surface area contributed by atoms with Gasteiger partial charge in [0.05, 0.1) is 0 Å². The molecule has 0 fully saturated rings. The molecule has 1 aliphatic rings. The summed E-state index contributed by atoms with van der Waals surface area (Å²) in [5, 5.41) is 3.76. The van der Waals surface area contributed by atoms with E-state index in [0.29, 0.717) is 12.1 Å². The van der Waals surface area contributed by atoms with E-state index >= 15 is 0 Å². The maximum atomic E-state index is 3.76. The lowest BCUT2D eigenvalue weighted by molar-refractivity contribution is 0.465. The molecule has 0 aromatic heterocycles. The smallest absolute Gasteiger partial charge is 0.0331 e. The highest BCUT2D eigenvalue weighted by atomic mass is 79.9. The Morgan fingerprint density at radius 1 is 1.15 bits per heavy atom. The van der Waals surface area contributed by atoms with Crippen LogP contribution in [0, 0.1) is 0 Å². The second-order valence-corrected chi connectivity index (χ2v) is 7.11. The van der Waals surface area contributed by atoms with Crippen LogP contribution >= 0.6 is 31.9 Å². The molecular weight excluding hydrogens is 378 g/mol. The van der Waals surface area contributed by atoms with Crippen molar-refractivity contribution in [2.45, 2.75) is 31.8 Å². The van der Waals surface area contributed by atoms with E-state index in [1.54, 1.807) is 0 Å². The molecule has 0 saturated heterocycles. The third-order valence-corrected chi connectivity index (χ3v) is 5.25. The quantitative estimate of drug-likeness (QED) is 0.719. The Hall–Kier alpha value is -0.640. The number of hydrogen-bond acceptors (Lipinski definition) is 1. The lowest BCUT2D eigenvalue weighted by Crippen LogP contribution is -2.23. The molecule has 2 aromatic carbocycles. The highest BCUT2D eigenvalue weighted by Crippen LogP contribution is 2.37. The highest BCUT2D eigenvalue weighted by molar-refractivity contribution is 9.10. The zero-order valence-electron chi connectivity index (χ0n) is 11.4. The van der Waals surface area contributed by atoms with Crippen LogP contribution in [0.2, 0.25) is 0 Å². The largest absolute Gasteiger partial charge is 0.303 e. The minimum absolute atomic E-state index is 0.349. The van der Waals surface area contributed by atoms with Gasteiger partial charge in [0, 0.05) is 21.0 Å². The lowest BCUT2D eigenvalue weighted by Gasteiger charge is -2.21. The summed E-state index contributed by atoms with van der Waals surface area (Å²) in [4.78, 5) is 0. The standard InChI is InChI=1S/C17H17Br2N/c1-11(12-4-2-5-13(18)10-12)20-17-9-8-14-15(17)6-3-7-16(14)19/h2-7,10-11,17,20H,8-9H2,1H3. The third kappa shape index (κ3) is 2.85. The van der Waals surface area contributed by atoms with Gasteiger partial charge in [-0.3, -0.25) is 0 Å². The maximum absolute atomic E-state index is 3.76. The maximum Gasteiger partial charge on any atom is 0.0331 e. The predicted octanol–water partition coefficient (Wildman–Crippen LogP) is 5.55. The fourth-order valence-electron chi connectivity index (χ4n) is 2.96. The summed E-state index contributed by atoms with van der Waals surface area (Å²) in [7, 11) is 0. The molecule has 1 N–H and O–H groups in total. The van der Waals surface area contributed by atoms with Crippen LogP contribution in [0.1, 0.15) is 42.1 Å². The van der Waals surface area contributed by atoms with Gasteiger partial charge in [0.25, 0.3) is 0 Å². The van der Waals surface area contributed by atoms with Gasteiger partial charge in [-0.05, 0) is 54.7 Å². The van der Waals surface area contributed by atoms with E-state index in [2.05, 4.69) is 86.6 Å². The molecule has 1 aliphatic carbocycles. The van der Waals surface area contributed by atoms with Gasteiger partial charge >= 0.3 is 0 Å². The number of halogens is 2. The Balaban J connectivity index is 1.79. The van der Waals surface area contributed by atoms with Crippen LogP contribution in [-0.4, -0.2) is 0 Å². The summed E-state index contributed by atoms with van der Waals surface area (Å²) >= 11 is 7.21. The van der Waals surface area contributed by atoms with Crippen molar-refractivity contribution in [3.8, 4) is 0 Å². The van der Waals surface area contributed by atoms with Crippen molar-refractivity contribution in [2.24, 2.45) is 0 Å². The summed E-state index contributed by atoms with van der Waals surface area (Å²) < 4.78 is 2.38. The minimum Gasteiger partial charge on any atom is -0.303 e. The summed E-state index contributed by atoms with van der Waals surface area (Å²) in [6, 6.07) is 15.9. The van der Waals surface area contributed by atoms with Crippen LogP contribution in [0.4, 0.5) is 0 Å². The van der Waals surface area contributed by atoms with Crippen molar-refractivity contribution >= 4 is 31.9 Å². The Morgan fingerprint density at radius 3 is 2.75 bits per heavy atom. The van der Waals surface area contributed by atoms with Crippen LogP contribution in [0.5, 0.6) is 0 Å². The predicted molar refractivity (Wildman–Crippen MR) is 90.9 cm³/mol. The number of hydrogen-bond donors (Lipinski definition) is 1. The Bertz CT molecular complexity index is 624. The topological polar surface area (TPSA) is 12.0 Å². The van der Waals surface area contributed by atoms with Crippen LogP contribution in [0.15, 0.2) is 51.4 Å². The van der Waals surface area contributed by atoms with Crippen LogP contribution in [0.25, 0.3) is 0 Å². The zero-order valence-corrected chi connectivity index (χ0v) is 14.5. The number of fused-ring (bicyclic) bond motifs is 1. The van der Waals surface area contributed by atoms with Gasteiger partial charge in [-0.1, -0.05) is 56.1 Å². The molecule has 3 rings (SSSR count). The monoisotopic (exact) mass is 393 g/mol. The zero-order chi connectivity index (χ0) is 14.1. The van der Waals surface area contributed by atoms with Gasteiger partial charge in [0.2, 0.25) is 0 Å². The first-order valence-corrected chi connectivity index (χ1v) is 8.52. The van der Waals surface area contributed by atoms with Crippen molar-refractivity contribution in [1.82, 2.24) is 5.32 Å². The molecule has 0 amide bonds. The molecule has 0 aliphatic heterocycles. The number of benzene rings is 2. The van der Waals surface area contributed by atoms with Crippen LogP contribution in [0.3, 0.4) is 0 Å². The van der Waals surface area contributed by atoms with Crippen molar-refractivity contribution < 1.29 is 0 Å². The first-order valence-electron chi connectivity index (χ1n) is 6.94. The fraction of sp³-hybridized carbons (Fsp3) is 0.294. The van der Waals surface area contributed by atoms with Gasteiger partial charge in [-0.15, -0.1) is 0 Å². The summed E-state index contributed by atoms with van der Waals surface area (Å²) in [6.07, 6.45) is 2.33. The van der Waals surface area contributed by atoms with E-state index < -0.39 is 0 Å². The first kappa shape index (κ1) is 14.3. The van der Waals surface area contributed by atoms with E-state index in [9.17, 15) is 0 Å². The number of rotatable bonds is 3. The molecule has 2 unspecified atom stereocenters. The van der Waals surface area contributed by atoms with Crippen LogP contribution in [-0.2, 0) is 6.42 Å². The van der Waals surface area contributed by atoms with Crippen molar-refractivity contribution in [1.29, 1.82) is 0 Å². The Morgan fingerprint density at radius 2 is 1.95 bits per heavy atom. The molecule has 1 nitrogen and oxygen atoms in total. The summed E-state index contributed by atoms with van der Waals surface area (Å²) in [5.41, 5.74) is 4.23. The molecule has 0 radical (unpaired) electrons. The average molecular weight is 395 g/mol. The first-order chi connectivity index (χ1) is 9.65. The van der Waals surface area contributed by atoms with Gasteiger partial charge in [0.1, 0.15) is 0 Å². The fourth-order valence-corrected chi connectivity index (χ4v) is 3.95. The van der Waals surface area contributed by atoms with Crippen molar-refractivity contribution in [2.75, 3.05) is 0 Å². The van der Waals surface area contributed by atoms with E-state index in [4.69, 9.17) is 0 Å². The van der Waals surface area contributed by atoms with Crippen LogP contribution < -0.4 is 5.32 Å². The Kier molecular flexibility index (Phi) is 4.29. The molecule has 0 heterocycles. The second-order valence-electron chi connectivity index (χ2n) is 5.34. The van der Waals surface area contributed by atoms with E-state index in [1.807, 2.05) is 0 Å². The Labute approximate surface area is 137 Å². The molecule has 3 heteroatoms. The molecule has 104 valence electrons. The molecule has 0 saturated carbocycles.